The molecule has 3 aromatic rings. The lowest BCUT2D eigenvalue weighted by Gasteiger charge is -2.15. The largest absolute Gasteiger partial charge is 0.349 e. The molecule has 0 bridgehead atoms. The standard InChI is InChI=1S/C20H18ClFN4O/c1-12(13-5-7-14(8-6-13)26-10-9-23-25-26)24-20(27)16-11-15(16)19-17(21)3-2-4-18(19)22/h2-10,12,15-16H,11H2,1H3,(H,24,27). The van der Waals surface area contributed by atoms with Crippen molar-refractivity contribution in [2.24, 2.45) is 5.92 Å². The Hall–Kier alpha value is -2.73. The number of halogens is 2. The molecular formula is C20H18ClFN4O. The van der Waals surface area contributed by atoms with Gasteiger partial charge in [0.05, 0.1) is 24.1 Å². The predicted molar refractivity (Wildman–Crippen MR) is 100 cm³/mol. The summed E-state index contributed by atoms with van der Waals surface area (Å²) >= 11 is 6.11. The van der Waals surface area contributed by atoms with E-state index in [4.69, 9.17) is 11.6 Å². The Bertz CT molecular complexity index is 938. The van der Waals surface area contributed by atoms with Crippen molar-refractivity contribution in [1.82, 2.24) is 20.3 Å². The van der Waals surface area contributed by atoms with Gasteiger partial charge in [-0.05, 0) is 43.2 Å². The molecule has 1 aliphatic rings. The monoisotopic (exact) mass is 384 g/mol. The maximum atomic E-state index is 14.0. The van der Waals surface area contributed by atoms with E-state index in [1.807, 2.05) is 31.2 Å². The molecule has 1 saturated carbocycles. The van der Waals surface area contributed by atoms with Crippen molar-refractivity contribution in [3.8, 4) is 5.69 Å². The fourth-order valence-electron chi connectivity index (χ4n) is 3.33. The zero-order valence-corrected chi connectivity index (χ0v) is 15.4. The van der Waals surface area contributed by atoms with E-state index in [0.29, 0.717) is 17.0 Å². The van der Waals surface area contributed by atoms with Crippen molar-refractivity contribution < 1.29 is 9.18 Å². The number of amides is 1. The van der Waals surface area contributed by atoms with Crippen molar-refractivity contribution >= 4 is 17.5 Å². The van der Waals surface area contributed by atoms with Gasteiger partial charge in [-0.1, -0.05) is 35.0 Å². The molecule has 0 saturated heterocycles. The summed E-state index contributed by atoms with van der Waals surface area (Å²) < 4.78 is 15.7. The third kappa shape index (κ3) is 3.57. The van der Waals surface area contributed by atoms with Crippen molar-refractivity contribution in [1.29, 1.82) is 0 Å². The summed E-state index contributed by atoms with van der Waals surface area (Å²) in [4.78, 5) is 12.6. The molecule has 1 aliphatic carbocycles. The van der Waals surface area contributed by atoms with Crippen LogP contribution >= 0.6 is 11.6 Å². The smallest absolute Gasteiger partial charge is 0.224 e. The van der Waals surface area contributed by atoms with Crippen LogP contribution in [0.5, 0.6) is 0 Å². The van der Waals surface area contributed by atoms with Gasteiger partial charge in [0.2, 0.25) is 5.91 Å². The summed E-state index contributed by atoms with van der Waals surface area (Å²) in [6, 6.07) is 12.2. The predicted octanol–water partition coefficient (Wildman–Crippen LogP) is 4.04. The van der Waals surface area contributed by atoms with E-state index in [9.17, 15) is 9.18 Å². The Morgan fingerprint density at radius 1 is 1.30 bits per heavy atom. The first-order valence-electron chi connectivity index (χ1n) is 8.75. The number of benzene rings is 2. The van der Waals surface area contributed by atoms with Gasteiger partial charge in [0.1, 0.15) is 5.82 Å². The molecule has 27 heavy (non-hydrogen) atoms. The molecule has 0 radical (unpaired) electrons. The first kappa shape index (κ1) is 17.7. The summed E-state index contributed by atoms with van der Waals surface area (Å²) in [7, 11) is 0. The van der Waals surface area contributed by atoms with Crippen LogP contribution in [-0.2, 0) is 4.79 Å². The van der Waals surface area contributed by atoms with E-state index in [-0.39, 0.29) is 29.6 Å². The second kappa shape index (κ2) is 7.12. The fraction of sp³-hybridized carbons (Fsp3) is 0.250. The number of hydrogen-bond acceptors (Lipinski definition) is 3. The molecule has 0 spiro atoms. The van der Waals surface area contributed by atoms with Crippen molar-refractivity contribution in [2.75, 3.05) is 0 Å². The Morgan fingerprint density at radius 2 is 2.07 bits per heavy atom. The molecule has 1 fully saturated rings. The summed E-state index contributed by atoms with van der Waals surface area (Å²) in [5, 5.41) is 11.1. The molecular weight excluding hydrogens is 367 g/mol. The van der Waals surface area contributed by atoms with Gasteiger partial charge in [-0.2, -0.15) is 0 Å². The van der Waals surface area contributed by atoms with Gasteiger partial charge in [-0.25, -0.2) is 9.07 Å². The number of carbonyl (C=O) groups excluding carboxylic acids is 1. The summed E-state index contributed by atoms with van der Waals surface area (Å²) in [5.41, 5.74) is 2.32. The van der Waals surface area contributed by atoms with Crippen LogP contribution in [0.2, 0.25) is 5.02 Å². The first-order valence-corrected chi connectivity index (χ1v) is 9.13. The van der Waals surface area contributed by atoms with E-state index >= 15 is 0 Å². The van der Waals surface area contributed by atoms with Crippen LogP contribution in [0.15, 0.2) is 54.9 Å². The summed E-state index contributed by atoms with van der Waals surface area (Å²) in [6.07, 6.45) is 4.00. The lowest BCUT2D eigenvalue weighted by Crippen LogP contribution is -2.28. The average molecular weight is 385 g/mol. The Kier molecular flexibility index (Phi) is 4.66. The normalized spacial score (nSPS) is 19.5. The topological polar surface area (TPSA) is 59.8 Å². The van der Waals surface area contributed by atoms with Crippen molar-refractivity contribution in [2.45, 2.75) is 25.3 Å². The maximum absolute atomic E-state index is 14.0. The minimum absolute atomic E-state index is 0.0767. The third-order valence-electron chi connectivity index (χ3n) is 4.94. The molecule has 7 heteroatoms. The van der Waals surface area contributed by atoms with Gasteiger partial charge >= 0.3 is 0 Å². The highest BCUT2D eigenvalue weighted by Gasteiger charge is 2.46. The van der Waals surface area contributed by atoms with Crippen LogP contribution in [0.4, 0.5) is 4.39 Å². The lowest BCUT2D eigenvalue weighted by atomic mass is 10.1. The second-order valence-electron chi connectivity index (χ2n) is 6.75. The summed E-state index contributed by atoms with van der Waals surface area (Å²) in [6.45, 7) is 1.93. The third-order valence-corrected chi connectivity index (χ3v) is 5.27. The van der Waals surface area contributed by atoms with E-state index in [0.717, 1.165) is 11.3 Å². The van der Waals surface area contributed by atoms with Crippen LogP contribution in [0.1, 0.15) is 36.4 Å². The van der Waals surface area contributed by atoms with Crippen LogP contribution in [-0.4, -0.2) is 20.9 Å². The van der Waals surface area contributed by atoms with Gasteiger partial charge in [-0.3, -0.25) is 4.79 Å². The number of hydrogen-bond donors (Lipinski definition) is 1. The minimum atomic E-state index is -0.348. The average Bonchev–Trinajstić information content (AvgIpc) is 3.24. The second-order valence-corrected chi connectivity index (χ2v) is 7.16. The molecule has 2 aromatic carbocycles. The van der Waals surface area contributed by atoms with Gasteiger partial charge in [0, 0.05) is 22.4 Å². The first-order chi connectivity index (χ1) is 13.0. The Morgan fingerprint density at radius 3 is 2.74 bits per heavy atom. The van der Waals surface area contributed by atoms with E-state index in [1.54, 1.807) is 29.2 Å². The van der Waals surface area contributed by atoms with Crippen LogP contribution < -0.4 is 5.32 Å². The zero-order valence-electron chi connectivity index (χ0n) is 14.6. The van der Waals surface area contributed by atoms with E-state index in [2.05, 4.69) is 15.6 Å². The molecule has 3 atom stereocenters. The maximum Gasteiger partial charge on any atom is 0.224 e. The molecule has 5 nitrogen and oxygen atoms in total. The number of rotatable bonds is 5. The van der Waals surface area contributed by atoms with Crippen molar-refractivity contribution in [3.05, 3.63) is 76.8 Å². The molecule has 0 aliphatic heterocycles. The molecule has 1 aromatic heterocycles. The van der Waals surface area contributed by atoms with Gasteiger partial charge in [0.25, 0.3) is 0 Å². The lowest BCUT2D eigenvalue weighted by molar-refractivity contribution is -0.123. The highest BCUT2D eigenvalue weighted by molar-refractivity contribution is 6.31. The summed E-state index contributed by atoms with van der Waals surface area (Å²) in [5.74, 6) is -0.816. The van der Waals surface area contributed by atoms with Gasteiger partial charge < -0.3 is 5.32 Å². The zero-order chi connectivity index (χ0) is 19.0. The number of nitrogens with one attached hydrogen (secondary N) is 1. The highest BCUT2D eigenvalue weighted by Crippen LogP contribution is 2.50. The highest BCUT2D eigenvalue weighted by atomic mass is 35.5. The van der Waals surface area contributed by atoms with Crippen LogP contribution in [0.3, 0.4) is 0 Å². The SMILES string of the molecule is CC(NC(=O)C1CC1c1c(F)cccc1Cl)c1ccc(-n2ccnn2)cc1. The molecule has 4 rings (SSSR count). The van der Waals surface area contributed by atoms with Gasteiger partial charge in [0.15, 0.2) is 0 Å². The molecule has 3 unspecified atom stereocenters. The number of carbonyl (C=O) groups is 1. The minimum Gasteiger partial charge on any atom is -0.349 e. The number of aromatic nitrogens is 3. The Balaban J connectivity index is 1.40. The molecule has 1 amide bonds. The van der Waals surface area contributed by atoms with E-state index < -0.39 is 0 Å². The number of nitrogens with zero attached hydrogens (tertiary/aromatic N) is 3. The van der Waals surface area contributed by atoms with E-state index in [1.165, 1.54) is 6.07 Å². The van der Waals surface area contributed by atoms with Gasteiger partial charge in [-0.15, -0.1) is 5.10 Å². The fourth-order valence-corrected chi connectivity index (χ4v) is 3.64. The molecule has 138 valence electrons. The Labute approximate surface area is 161 Å². The van der Waals surface area contributed by atoms with Crippen molar-refractivity contribution in [3.63, 3.8) is 0 Å². The van der Waals surface area contributed by atoms with Crippen LogP contribution in [0.25, 0.3) is 5.69 Å². The molecule has 1 N–H and O–H groups in total. The van der Waals surface area contributed by atoms with Crippen LogP contribution in [0, 0.1) is 11.7 Å². The molecule has 1 heterocycles. The quantitative estimate of drug-likeness (QED) is 0.722.